The average molecular weight is 416 g/mol. The fourth-order valence-corrected chi connectivity index (χ4v) is 1.88. The van der Waals surface area contributed by atoms with Crippen molar-refractivity contribution in [3.63, 3.8) is 0 Å². The van der Waals surface area contributed by atoms with Crippen molar-refractivity contribution in [1.82, 2.24) is 10.5 Å². The molecule has 120 valence electrons. The summed E-state index contributed by atoms with van der Waals surface area (Å²) >= 11 is 0. The second-order valence-corrected chi connectivity index (χ2v) is 4.75. The van der Waals surface area contributed by atoms with Crippen molar-refractivity contribution in [1.29, 1.82) is 0 Å². The van der Waals surface area contributed by atoms with E-state index in [2.05, 4.69) is 15.5 Å². The first-order valence-corrected chi connectivity index (χ1v) is 6.75. The van der Waals surface area contributed by atoms with Crippen molar-refractivity contribution in [2.75, 3.05) is 13.7 Å². The van der Waals surface area contributed by atoms with Gasteiger partial charge in [-0.15, -0.1) is 24.0 Å². The van der Waals surface area contributed by atoms with E-state index in [0.29, 0.717) is 19.1 Å². The lowest BCUT2D eigenvalue weighted by Crippen LogP contribution is -2.40. The number of nitrogens with zero attached hydrogens (tertiary/aromatic N) is 2. The van der Waals surface area contributed by atoms with E-state index in [9.17, 15) is 0 Å². The zero-order valence-electron chi connectivity index (χ0n) is 12.7. The molecule has 0 aliphatic rings. The molecule has 0 spiro atoms. The topological polar surface area (TPSA) is 85.7 Å². The van der Waals surface area contributed by atoms with Gasteiger partial charge in [0.25, 0.3) is 0 Å². The summed E-state index contributed by atoms with van der Waals surface area (Å²) in [6.45, 7) is 2.91. The second kappa shape index (κ2) is 9.42. The molecule has 0 radical (unpaired) electrons. The molecule has 7 heteroatoms. The molecule has 1 heterocycles. The summed E-state index contributed by atoms with van der Waals surface area (Å²) in [7, 11) is 1.64. The molecule has 0 saturated carbocycles. The lowest BCUT2D eigenvalue weighted by atomic mass is 10.2. The SMILES string of the molecule is COCC(C)NC(N)=NCc1cc(-c2ccccc2)on1.I. The van der Waals surface area contributed by atoms with Gasteiger partial charge in [-0.1, -0.05) is 35.5 Å². The molecule has 0 bridgehead atoms. The minimum Gasteiger partial charge on any atom is -0.383 e. The van der Waals surface area contributed by atoms with Crippen LogP contribution in [-0.4, -0.2) is 30.9 Å². The molecule has 1 aromatic heterocycles. The third-order valence-corrected chi connectivity index (χ3v) is 2.84. The van der Waals surface area contributed by atoms with Crippen LogP contribution in [0.3, 0.4) is 0 Å². The Labute approximate surface area is 147 Å². The summed E-state index contributed by atoms with van der Waals surface area (Å²) in [5.41, 5.74) is 7.52. The van der Waals surface area contributed by atoms with Crippen LogP contribution < -0.4 is 11.1 Å². The van der Waals surface area contributed by atoms with Crippen LogP contribution in [0.15, 0.2) is 45.9 Å². The first-order chi connectivity index (χ1) is 10.2. The molecule has 2 rings (SSSR count). The van der Waals surface area contributed by atoms with E-state index in [0.717, 1.165) is 17.0 Å². The molecule has 1 unspecified atom stereocenters. The third kappa shape index (κ3) is 5.64. The zero-order valence-corrected chi connectivity index (χ0v) is 15.0. The van der Waals surface area contributed by atoms with Crippen LogP contribution in [0.1, 0.15) is 12.6 Å². The van der Waals surface area contributed by atoms with Crippen molar-refractivity contribution in [2.24, 2.45) is 10.7 Å². The number of halogens is 1. The minimum atomic E-state index is 0. The number of benzene rings is 1. The van der Waals surface area contributed by atoms with E-state index in [1.54, 1.807) is 7.11 Å². The fourth-order valence-electron chi connectivity index (χ4n) is 1.88. The van der Waals surface area contributed by atoms with E-state index in [-0.39, 0.29) is 30.0 Å². The molecule has 3 N–H and O–H groups in total. The van der Waals surface area contributed by atoms with Gasteiger partial charge in [0, 0.05) is 24.8 Å². The summed E-state index contributed by atoms with van der Waals surface area (Å²) in [5, 5.41) is 7.02. The molecule has 0 aliphatic heterocycles. The molecule has 0 aliphatic carbocycles. The first-order valence-electron chi connectivity index (χ1n) is 6.75. The van der Waals surface area contributed by atoms with Gasteiger partial charge in [0.15, 0.2) is 11.7 Å². The highest BCUT2D eigenvalue weighted by Gasteiger charge is 2.06. The zero-order chi connectivity index (χ0) is 15.1. The van der Waals surface area contributed by atoms with Crippen LogP contribution in [0, 0.1) is 0 Å². The van der Waals surface area contributed by atoms with Gasteiger partial charge in [-0.05, 0) is 6.92 Å². The first kappa shape index (κ1) is 18.4. The average Bonchev–Trinajstić information content (AvgIpc) is 2.95. The fraction of sp³-hybridized carbons (Fsp3) is 0.333. The number of nitrogens with one attached hydrogen (secondary N) is 1. The molecule has 1 aromatic carbocycles. The lowest BCUT2D eigenvalue weighted by Gasteiger charge is -2.12. The van der Waals surface area contributed by atoms with Crippen LogP contribution in [-0.2, 0) is 11.3 Å². The Morgan fingerprint density at radius 3 is 2.82 bits per heavy atom. The van der Waals surface area contributed by atoms with Crippen molar-refractivity contribution < 1.29 is 9.26 Å². The predicted molar refractivity (Wildman–Crippen MR) is 97.2 cm³/mol. The van der Waals surface area contributed by atoms with Crippen LogP contribution in [0.5, 0.6) is 0 Å². The molecule has 0 saturated heterocycles. The number of aliphatic imine (C=N–C) groups is 1. The Balaban J connectivity index is 0.00000242. The van der Waals surface area contributed by atoms with Gasteiger partial charge in [-0.2, -0.15) is 0 Å². The van der Waals surface area contributed by atoms with Gasteiger partial charge >= 0.3 is 0 Å². The van der Waals surface area contributed by atoms with E-state index < -0.39 is 0 Å². The summed E-state index contributed by atoms with van der Waals surface area (Å²) in [6, 6.07) is 11.8. The van der Waals surface area contributed by atoms with Crippen LogP contribution in [0.4, 0.5) is 0 Å². The number of nitrogens with two attached hydrogens (primary N) is 1. The maximum Gasteiger partial charge on any atom is 0.189 e. The highest BCUT2D eigenvalue weighted by atomic mass is 127. The molecule has 0 amide bonds. The maximum atomic E-state index is 5.80. The van der Waals surface area contributed by atoms with E-state index in [1.807, 2.05) is 43.3 Å². The van der Waals surface area contributed by atoms with Crippen molar-refractivity contribution in [2.45, 2.75) is 19.5 Å². The predicted octanol–water partition coefficient (Wildman–Crippen LogP) is 2.40. The van der Waals surface area contributed by atoms with Gasteiger partial charge < -0.3 is 20.3 Å². The van der Waals surface area contributed by atoms with Crippen molar-refractivity contribution in [3.05, 3.63) is 42.1 Å². The number of hydrogen-bond acceptors (Lipinski definition) is 4. The Bertz CT molecular complexity index is 586. The van der Waals surface area contributed by atoms with Gasteiger partial charge in [-0.3, -0.25) is 0 Å². The minimum absolute atomic E-state index is 0. The summed E-state index contributed by atoms with van der Waals surface area (Å²) in [5.74, 6) is 1.09. The van der Waals surface area contributed by atoms with E-state index in [1.165, 1.54) is 0 Å². The number of guanidine groups is 1. The Morgan fingerprint density at radius 1 is 1.41 bits per heavy atom. The highest BCUT2D eigenvalue weighted by Crippen LogP contribution is 2.19. The molecule has 6 nitrogen and oxygen atoms in total. The van der Waals surface area contributed by atoms with Gasteiger partial charge in [0.1, 0.15) is 5.69 Å². The van der Waals surface area contributed by atoms with Crippen molar-refractivity contribution >= 4 is 29.9 Å². The maximum absolute atomic E-state index is 5.80. The smallest absolute Gasteiger partial charge is 0.189 e. The summed E-state index contributed by atoms with van der Waals surface area (Å²) in [6.07, 6.45) is 0. The Hall–Kier alpha value is -1.61. The monoisotopic (exact) mass is 416 g/mol. The number of methoxy groups -OCH3 is 1. The molecular formula is C15H21IN4O2. The number of aromatic nitrogens is 1. The van der Waals surface area contributed by atoms with Gasteiger partial charge in [0.05, 0.1) is 13.2 Å². The van der Waals surface area contributed by atoms with Gasteiger partial charge in [0.2, 0.25) is 0 Å². The molecule has 22 heavy (non-hydrogen) atoms. The standard InChI is InChI=1S/C15H20N4O2.HI/c1-11(10-20-2)18-15(16)17-9-13-8-14(21-19-13)12-6-4-3-5-7-12;/h3-8,11H,9-10H2,1-2H3,(H3,16,17,18);1H. The number of rotatable bonds is 6. The van der Waals surface area contributed by atoms with Crippen LogP contribution in [0.2, 0.25) is 0 Å². The third-order valence-electron chi connectivity index (χ3n) is 2.84. The Morgan fingerprint density at radius 2 is 2.14 bits per heavy atom. The van der Waals surface area contributed by atoms with E-state index >= 15 is 0 Å². The molecule has 2 aromatic rings. The molecule has 1 atom stereocenters. The van der Waals surface area contributed by atoms with Gasteiger partial charge in [-0.25, -0.2) is 4.99 Å². The Kier molecular flexibility index (Phi) is 7.89. The summed E-state index contributed by atoms with van der Waals surface area (Å²) < 4.78 is 10.3. The van der Waals surface area contributed by atoms with Crippen LogP contribution in [0.25, 0.3) is 11.3 Å². The molecule has 0 fully saturated rings. The van der Waals surface area contributed by atoms with Crippen LogP contribution >= 0.6 is 24.0 Å². The van der Waals surface area contributed by atoms with E-state index in [4.69, 9.17) is 15.0 Å². The number of hydrogen-bond donors (Lipinski definition) is 2. The second-order valence-electron chi connectivity index (χ2n) is 4.75. The largest absolute Gasteiger partial charge is 0.383 e. The molecular weight excluding hydrogens is 395 g/mol. The normalized spacial score (nSPS) is 12.5. The lowest BCUT2D eigenvalue weighted by molar-refractivity contribution is 0.179. The quantitative estimate of drug-likeness (QED) is 0.429. The number of ether oxygens (including phenoxy) is 1. The highest BCUT2D eigenvalue weighted by molar-refractivity contribution is 14.0. The van der Waals surface area contributed by atoms with Crippen molar-refractivity contribution in [3.8, 4) is 11.3 Å². The summed E-state index contributed by atoms with van der Waals surface area (Å²) in [4.78, 5) is 4.23.